The average molecular weight is 446 g/mol. The number of hydrogen-bond acceptors (Lipinski definition) is 12. The first-order valence-electron chi connectivity index (χ1n) is 9.95. The van der Waals surface area contributed by atoms with Crippen LogP contribution in [0, 0.1) is 17.8 Å². The highest BCUT2D eigenvalue weighted by molar-refractivity contribution is 5.77. The Kier molecular flexibility index (Phi) is 6.34. The Hall–Kier alpha value is -1.64. The molecule has 174 valence electrons. The topological polar surface area (TPSA) is 170 Å². The molecule has 12 heteroatoms. The quantitative estimate of drug-likeness (QED) is 0.248. The standard InChI is InChI=1S/C19H26O12/c1-6(21)27-5-7-3-8-11-10(7)18(30-17(26-2)12(11)16(25)28-8)31-19-15(24)14(23)13(22)9(4-20)29-19/h3,8-15,17-20,22-24H,4-5H2,1-2H3. The van der Waals surface area contributed by atoms with Gasteiger partial charge in [-0.1, -0.05) is 0 Å². The number of aliphatic hydroxyl groups excluding tert-OH is 4. The van der Waals surface area contributed by atoms with Crippen molar-refractivity contribution in [2.45, 2.75) is 56.3 Å². The van der Waals surface area contributed by atoms with Crippen molar-refractivity contribution in [2.24, 2.45) is 17.8 Å². The van der Waals surface area contributed by atoms with Gasteiger partial charge in [0.1, 0.15) is 43.0 Å². The average Bonchev–Trinajstić information content (AvgIpc) is 3.26. The van der Waals surface area contributed by atoms with Gasteiger partial charge in [0, 0.05) is 25.9 Å². The molecule has 11 unspecified atom stereocenters. The third-order valence-electron chi connectivity index (χ3n) is 6.19. The van der Waals surface area contributed by atoms with E-state index in [2.05, 4.69) is 0 Å². The lowest BCUT2D eigenvalue weighted by Crippen LogP contribution is -2.61. The Morgan fingerprint density at radius 1 is 1.06 bits per heavy atom. The van der Waals surface area contributed by atoms with Gasteiger partial charge in [-0.3, -0.25) is 9.59 Å². The van der Waals surface area contributed by atoms with Crippen molar-refractivity contribution in [3.63, 3.8) is 0 Å². The molecule has 3 aliphatic heterocycles. The van der Waals surface area contributed by atoms with Crippen LogP contribution in [-0.4, -0.2) is 102 Å². The first-order valence-corrected chi connectivity index (χ1v) is 9.95. The molecule has 4 N–H and O–H groups in total. The second-order valence-electron chi connectivity index (χ2n) is 7.99. The normalized spacial score (nSPS) is 46.3. The van der Waals surface area contributed by atoms with Gasteiger partial charge in [0.15, 0.2) is 18.9 Å². The zero-order valence-corrected chi connectivity index (χ0v) is 16.9. The summed E-state index contributed by atoms with van der Waals surface area (Å²) in [5.74, 6) is -2.74. The number of carbonyl (C=O) groups excluding carboxylic acids is 2. The van der Waals surface area contributed by atoms with Gasteiger partial charge in [0.05, 0.1) is 6.61 Å². The van der Waals surface area contributed by atoms with Gasteiger partial charge in [0.2, 0.25) is 0 Å². The van der Waals surface area contributed by atoms with E-state index in [1.165, 1.54) is 14.0 Å². The molecule has 0 radical (unpaired) electrons. The van der Waals surface area contributed by atoms with E-state index in [1.807, 2.05) is 0 Å². The van der Waals surface area contributed by atoms with E-state index < -0.39 is 85.7 Å². The van der Waals surface area contributed by atoms with Crippen LogP contribution >= 0.6 is 0 Å². The smallest absolute Gasteiger partial charge is 0.315 e. The second kappa shape index (κ2) is 8.71. The molecule has 3 saturated heterocycles. The van der Waals surface area contributed by atoms with Crippen LogP contribution in [0.4, 0.5) is 0 Å². The largest absolute Gasteiger partial charge is 0.461 e. The lowest BCUT2D eigenvalue weighted by Gasteiger charge is -2.45. The highest BCUT2D eigenvalue weighted by atomic mass is 16.8. The summed E-state index contributed by atoms with van der Waals surface area (Å²) in [6.07, 6.45) is -8.47. The Morgan fingerprint density at radius 3 is 2.45 bits per heavy atom. The van der Waals surface area contributed by atoms with Crippen LogP contribution in [0.15, 0.2) is 11.6 Å². The van der Waals surface area contributed by atoms with Gasteiger partial charge in [-0.15, -0.1) is 0 Å². The van der Waals surface area contributed by atoms with Crippen molar-refractivity contribution in [3.05, 3.63) is 11.6 Å². The highest BCUT2D eigenvalue weighted by Crippen LogP contribution is 2.52. The summed E-state index contributed by atoms with van der Waals surface area (Å²) in [5.41, 5.74) is 0.604. The molecule has 0 bridgehead atoms. The summed E-state index contributed by atoms with van der Waals surface area (Å²) in [4.78, 5) is 23.7. The molecule has 31 heavy (non-hydrogen) atoms. The van der Waals surface area contributed by atoms with E-state index in [9.17, 15) is 30.0 Å². The molecule has 0 saturated carbocycles. The maximum absolute atomic E-state index is 12.4. The molecule has 4 aliphatic rings. The van der Waals surface area contributed by atoms with Crippen molar-refractivity contribution in [1.82, 2.24) is 0 Å². The fourth-order valence-corrected chi connectivity index (χ4v) is 4.71. The SMILES string of the molecule is COC1OC(OC2OC(CO)C(O)C(O)C2O)C2C(COC(C)=O)=CC3OC(=O)C1C32. The zero-order chi connectivity index (χ0) is 22.4. The lowest BCUT2D eigenvalue weighted by molar-refractivity contribution is -0.375. The third kappa shape index (κ3) is 3.87. The van der Waals surface area contributed by atoms with Crippen LogP contribution in [0.5, 0.6) is 0 Å². The van der Waals surface area contributed by atoms with Crippen LogP contribution in [0.1, 0.15) is 6.92 Å². The predicted molar refractivity (Wildman–Crippen MR) is 95.6 cm³/mol. The number of ether oxygens (including phenoxy) is 6. The molecular formula is C19H26O12. The molecule has 0 amide bonds. The zero-order valence-electron chi connectivity index (χ0n) is 16.9. The van der Waals surface area contributed by atoms with Gasteiger partial charge < -0.3 is 48.8 Å². The summed E-state index contributed by atoms with van der Waals surface area (Å²) in [5, 5.41) is 39.7. The van der Waals surface area contributed by atoms with Crippen molar-refractivity contribution in [3.8, 4) is 0 Å². The second-order valence-corrected chi connectivity index (χ2v) is 7.99. The minimum atomic E-state index is -1.64. The van der Waals surface area contributed by atoms with E-state index in [-0.39, 0.29) is 6.61 Å². The first-order chi connectivity index (χ1) is 14.8. The van der Waals surface area contributed by atoms with Crippen molar-refractivity contribution in [2.75, 3.05) is 20.3 Å². The first kappa shape index (κ1) is 22.6. The van der Waals surface area contributed by atoms with Crippen molar-refractivity contribution in [1.29, 1.82) is 0 Å². The fraction of sp³-hybridized carbons (Fsp3) is 0.789. The van der Waals surface area contributed by atoms with Gasteiger partial charge in [0.25, 0.3) is 0 Å². The molecule has 3 fully saturated rings. The van der Waals surface area contributed by atoms with Crippen LogP contribution in [0.25, 0.3) is 0 Å². The summed E-state index contributed by atoms with van der Waals surface area (Å²) < 4.78 is 33.0. The molecular weight excluding hydrogens is 420 g/mol. The molecule has 1 aliphatic carbocycles. The van der Waals surface area contributed by atoms with Gasteiger partial charge >= 0.3 is 11.9 Å². The predicted octanol–water partition coefficient (Wildman–Crippen LogP) is -2.59. The molecule has 0 aromatic carbocycles. The number of methoxy groups -OCH3 is 1. The molecule has 11 atom stereocenters. The maximum atomic E-state index is 12.4. The van der Waals surface area contributed by atoms with E-state index >= 15 is 0 Å². The van der Waals surface area contributed by atoms with Crippen LogP contribution < -0.4 is 0 Å². The van der Waals surface area contributed by atoms with Crippen molar-refractivity contribution < 1.29 is 58.4 Å². The van der Waals surface area contributed by atoms with E-state index in [0.717, 1.165) is 0 Å². The van der Waals surface area contributed by atoms with Gasteiger partial charge in [-0.25, -0.2) is 0 Å². The molecule has 3 heterocycles. The van der Waals surface area contributed by atoms with E-state index in [0.29, 0.717) is 5.57 Å². The number of rotatable bonds is 6. The molecule has 0 spiro atoms. The van der Waals surface area contributed by atoms with E-state index in [4.69, 9.17) is 28.4 Å². The Bertz CT molecular complexity index is 737. The number of aliphatic hydroxyl groups is 4. The minimum absolute atomic E-state index is 0.0766. The molecule has 4 rings (SSSR count). The minimum Gasteiger partial charge on any atom is -0.461 e. The number of carbonyl (C=O) groups is 2. The van der Waals surface area contributed by atoms with Crippen LogP contribution in [0.2, 0.25) is 0 Å². The van der Waals surface area contributed by atoms with Gasteiger partial charge in [-0.2, -0.15) is 0 Å². The molecule has 0 aromatic heterocycles. The summed E-state index contributed by atoms with van der Waals surface area (Å²) in [7, 11) is 1.36. The van der Waals surface area contributed by atoms with Crippen LogP contribution in [0.3, 0.4) is 0 Å². The summed E-state index contributed by atoms with van der Waals surface area (Å²) in [6.45, 7) is 0.569. The van der Waals surface area contributed by atoms with Crippen LogP contribution in [-0.2, 0) is 38.0 Å². The highest BCUT2D eigenvalue weighted by Gasteiger charge is 2.62. The maximum Gasteiger partial charge on any atom is 0.315 e. The fourth-order valence-electron chi connectivity index (χ4n) is 4.71. The summed E-state index contributed by atoms with van der Waals surface area (Å²) in [6, 6.07) is 0. The third-order valence-corrected chi connectivity index (χ3v) is 6.19. The monoisotopic (exact) mass is 446 g/mol. The Labute approximate surface area is 177 Å². The summed E-state index contributed by atoms with van der Waals surface area (Å²) >= 11 is 0. The molecule has 12 nitrogen and oxygen atoms in total. The Balaban J connectivity index is 1.59. The van der Waals surface area contributed by atoms with Crippen molar-refractivity contribution >= 4 is 11.9 Å². The number of hydrogen-bond donors (Lipinski definition) is 4. The van der Waals surface area contributed by atoms with E-state index in [1.54, 1.807) is 6.08 Å². The Morgan fingerprint density at radius 2 is 1.81 bits per heavy atom. The molecule has 0 aromatic rings. The lowest BCUT2D eigenvalue weighted by atomic mass is 9.78. The van der Waals surface area contributed by atoms with Gasteiger partial charge in [-0.05, 0) is 11.6 Å². The number of esters is 2.